The Morgan fingerprint density at radius 2 is 2.10 bits per heavy atom. The molecule has 9 nitrogen and oxygen atoms in total. The molecule has 11 heteroatoms. The minimum atomic E-state index is -0.438. The summed E-state index contributed by atoms with van der Waals surface area (Å²) in [4.78, 5) is 21.4. The van der Waals surface area contributed by atoms with Crippen LogP contribution < -0.4 is 14.8 Å². The molecule has 0 unspecified atom stereocenters. The third-order valence-corrected chi connectivity index (χ3v) is 5.70. The van der Waals surface area contributed by atoms with E-state index in [1.165, 1.54) is 19.5 Å². The Hall–Kier alpha value is -2.82. The molecule has 0 radical (unpaired) electrons. The van der Waals surface area contributed by atoms with Crippen molar-refractivity contribution in [1.29, 1.82) is 0 Å². The Balaban J connectivity index is 1.60. The summed E-state index contributed by atoms with van der Waals surface area (Å²) in [7, 11) is 1.53. The van der Waals surface area contributed by atoms with Gasteiger partial charge in [0.05, 0.1) is 32.1 Å². The van der Waals surface area contributed by atoms with Gasteiger partial charge in [-0.05, 0) is 37.3 Å². The predicted octanol–water partition coefficient (Wildman–Crippen LogP) is 3.78. The standard InChI is InChI=1S/C20H20ClN5O4S/c1-11-6-12(13-7-16(21)23-9-15(13)28-3)14(8-22-11)17(27)24-18-25-26-19(31-18)30-20(2)4-5-29-10-20/h6-9H,4-5,10H2,1-3H3,(H,24,25,27)/t20-/m1/s1. The second-order valence-corrected chi connectivity index (χ2v) is 8.59. The first kappa shape index (κ1) is 21.4. The van der Waals surface area contributed by atoms with Crippen molar-refractivity contribution < 1.29 is 19.0 Å². The lowest BCUT2D eigenvalue weighted by molar-refractivity contribution is 0.0655. The van der Waals surface area contributed by atoms with E-state index in [0.29, 0.717) is 46.0 Å². The lowest BCUT2D eigenvalue weighted by atomic mass is 10.0. The number of amides is 1. The number of carbonyl (C=O) groups excluding carboxylic acids is 1. The number of rotatable bonds is 6. The number of methoxy groups -OCH3 is 1. The summed E-state index contributed by atoms with van der Waals surface area (Å²) in [6.07, 6.45) is 3.78. The van der Waals surface area contributed by atoms with Crippen LogP contribution in [0.15, 0.2) is 24.5 Å². The average Bonchev–Trinajstić information content (AvgIpc) is 3.36. The minimum Gasteiger partial charge on any atom is -0.494 e. The Morgan fingerprint density at radius 1 is 1.26 bits per heavy atom. The molecular formula is C20H20ClN5O4S. The van der Waals surface area contributed by atoms with Gasteiger partial charge in [0.25, 0.3) is 11.1 Å². The fraction of sp³-hybridized carbons (Fsp3) is 0.350. The predicted molar refractivity (Wildman–Crippen MR) is 116 cm³/mol. The van der Waals surface area contributed by atoms with Crippen LogP contribution in [0.3, 0.4) is 0 Å². The van der Waals surface area contributed by atoms with Crippen molar-refractivity contribution in [3.8, 4) is 22.1 Å². The Labute approximate surface area is 187 Å². The quantitative estimate of drug-likeness (QED) is 0.552. The van der Waals surface area contributed by atoms with Crippen molar-refractivity contribution in [2.75, 3.05) is 25.6 Å². The summed E-state index contributed by atoms with van der Waals surface area (Å²) in [5, 5.41) is 11.8. The van der Waals surface area contributed by atoms with E-state index in [1.807, 2.05) is 13.8 Å². The van der Waals surface area contributed by atoms with Crippen LogP contribution in [0.25, 0.3) is 11.1 Å². The van der Waals surface area contributed by atoms with Gasteiger partial charge in [-0.3, -0.25) is 15.1 Å². The first-order chi connectivity index (χ1) is 14.9. The van der Waals surface area contributed by atoms with Crippen LogP contribution in [0.2, 0.25) is 5.15 Å². The van der Waals surface area contributed by atoms with Crippen LogP contribution in [-0.2, 0) is 4.74 Å². The Kier molecular flexibility index (Phi) is 6.03. The third-order valence-electron chi connectivity index (χ3n) is 4.77. The molecule has 1 N–H and O–H groups in total. The number of nitrogens with zero attached hydrogens (tertiary/aromatic N) is 4. The van der Waals surface area contributed by atoms with Gasteiger partial charge in [0.1, 0.15) is 16.5 Å². The number of aromatic nitrogens is 4. The van der Waals surface area contributed by atoms with Crippen molar-refractivity contribution in [1.82, 2.24) is 20.2 Å². The highest BCUT2D eigenvalue weighted by atomic mass is 35.5. The zero-order valence-electron chi connectivity index (χ0n) is 17.1. The van der Waals surface area contributed by atoms with Gasteiger partial charge in [0.2, 0.25) is 5.13 Å². The molecule has 4 rings (SSSR count). The minimum absolute atomic E-state index is 0.284. The number of carbonyl (C=O) groups is 1. The van der Waals surface area contributed by atoms with Crippen molar-refractivity contribution in [2.24, 2.45) is 0 Å². The summed E-state index contributed by atoms with van der Waals surface area (Å²) in [6, 6.07) is 3.44. The molecule has 162 valence electrons. The van der Waals surface area contributed by atoms with Crippen LogP contribution in [0.1, 0.15) is 29.4 Å². The molecule has 0 spiro atoms. The molecular weight excluding hydrogens is 442 g/mol. The molecule has 31 heavy (non-hydrogen) atoms. The van der Waals surface area contributed by atoms with Crippen LogP contribution in [0.4, 0.5) is 5.13 Å². The smallest absolute Gasteiger partial charge is 0.296 e. The van der Waals surface area contributed by atoms with Gasteiger partial charge in [-0.15, -0.1) is 5.10 Å². The highest BCUT2D eigenvalue weighted by Crippen LogP contribution is 2.35. The fourth-order valence-electron chi connectivity index (χ4n) is 3.16. The second kappa shape index (κ2) is 8.74. The topological polar surface area (TPSA) is 108 Å². The van der Waals surface area contributed by atoms with E-state index in [9.17, 15) is 4.79 Å². The average molecular weight is 462 g/mol. The van der Waals surface area contributed by atoms with E-state index in [2.05, 4.69) is 25.5 Å². The number of nitrogens with one attached hydrogen (secondary N) is 1. The second-order valence-electron chi connectivity index (χ2n) is 7.26. The zero-order valence-corrected chi connectivity index (χ0v) is 18.7. The molecule has 1 saturated heterocycles. The number of hydrogen-bond donors (Lipinski definition) is 1. The maximum absolute atomic E-state index is 13.1. The number of hydrogen-bond acceptors (Lipinski definition) is 9. The first-order valence-electron chi connectivity index (χ1n) is 9.45. The zero-order chi connectivity index (χ0) is 22.0. The molecule has 4 heterocycles. The van der Waals surface area contributed by atoms with E-state index < -0.39 is 11.5 Å². The summed E-state index contributed by atoms with van der Waals surface area (Å²) in [5.74, 6) is 0.0956. The number of halogens is 1. The normalized spacial score (nSPS) is 18.1. The largest absolute Gasteiger partial charge is 0.494 e. The van der Waals surface area contributed by atoms with E-state index in [4.69, 9.17) is 25.8 Å². The van der Waals surface area contributed by atoms with Crippen molar-refractivity contribution >= 4 is 34.0 Å². The van der Waals surface area contributed by atoms with E-state index in [0.717, 1.165) is 23.5 Å². The maximum Gasteiger partial charge on any atom is 0.296 e. The highest BCUT2D eigenvalue weighted by molar-refractivity contribution is 7.17. The van der Waals surface area contributed by atoms with Crippen LogP contribution in [0, 0.1) is 6.92 Å². The van der Waals surface area contributed by atoms with E-state index in [-0.39, 0.29) is 5.15 Å². The molecule has 1 aliphatic rings. The Bertz CT molecular complexity index is 1120. The SMILES string of the molecule is COc1cnc(Cl)cc1-c1cc(C)ncc1C(=O)Nc1nnc(O[C@]2(C)CCOC2)s1. The number of aryl methyl sites for hydroxylation is 1. The molecule has 1 amide bonds. The maximum atomic E-state index is 13.1. The molecule has 0 aliphatic carbocycles. The van der Waals surface area contributed by atoms with Gasteiger partial charge in [-0.2, -0.15) is 0 Å². The molecule has 1 atom stereocenters. The van der Waals surface area contributed by atoms with Gasteiger partial charge in [-0.25, -0.2) is 4.98 Å². The van der Waals surface area contributed by atoms with Crippen LogP contribution >= 0.6 is 22.9 Å². The Morgan fingerprint density at radius 3 is 2.84 bits per heavy atom. The molecule has 0 bridgehead atoms. The number of ether oxygens (including phenoxy) is 3. The lowest BCUT2D eigenvalue weighted by Crippen LogP contribution is -2.32. The lowest BCUT2D eigenvalue weighted by Gasteiger charge is -2.20. The monoisotopic (exact) mass is 461 g/mol. The summed E-state index contributed by atoms with van der Waals surface area (Å²) < 4.78 is 16.7. The molecule has 1 fully saturated rings. The fourth-order valence-corrected chi connectivity index (χ4v) is 4.03. The van der Waals surface area contributed by atoms with Crippen LogP contribution in [0.5, 0.6) is 10.9 Å². The molecule has 3 aromatic rings. The summed E-state index contributed by atoms with van der Waals surface area (Å²) >= 11 is 7.23. The van der Waals surface area contributed by atoms with Crippen molar-refractivity contribution in [2.45, 2.75) is 25.9 Å². The van der Waals surface area contributed by atoms with Gasteiger partial charge < -0.3 is 14.2 Å². The van der Waals surface area contributed by atoms with Gasteiger partial charge in [0.15, 0.2) is 0 Å². The van der Waals surface area contributed by atoms with Crippen molar-refractivity contribution in [3.63, 3.8) is 0 Å². The first-order valence-corrected chi connectivity index (χ1v) is 10.6. The van der Waals surface area contributed by atoms with Gasteiger partial charge in [0, 0.05) is 29.4 Å². The van der Waals surface area contributed by atoms with Crippen LogP contribution in [-0.4, -0.2) is 52.0 Å². The van der Waals surface area contributed by atoms with Gasteiger partial charge >= 0.3 is 0 Å². The molecule has 0 saturated carbocycles. The van der Waals surface area contributed by atoms with Crippen molar-refractivity contribution in [3.05, 3.63) is 40.9 Å². The van der Waals surface area contributed by atoms with E-state index in [1.54, 1.807) is 12.1 Å². The molecule has 3 aromatic heterocycles. The highest BCUT2D eigenvalue weighted by Gasteiger charge is 2.33. The summed E-state index contributed by atoms with van der Waals surface area (Å²) in [6.45, 7) is 4.92. The molecule has 0 aromatic carbocycles. The van der Waals surface area contributed by atoms with Gasteiger partial charge in [-0.1, -0.05) is 16.7 Å². The van der Waals surface area contributed by atoms with E-state index >= 15 is 0 Å². The third kappa shape index (κ3) is 4.76. The summed E-state index contributed by atoms with van der Waals surface area (Å²) in [5.41, 5.74) is 1.88. The number of anilines is 1. The number of pyridine rings is 2. The molecule has 1 aliphatic heterocycles.